The summed E-state index contributed by atoms with van der Waals surface area (Å²) in [6, 6.07) is -0.979. The SMILES string of the molecule is CCCCCCCCCCCCCC/C=C\CCCCCCCCCCCCCCCC(O)C(=O)NC(CO)C(O)C(O)CCCCCCCCC. The fraction of sp³-hybridized carbons (Fsp3) is 0.935. The molecule has 0 bridgehead atoms. The Bertz CT molecular complexity index is 746. The largest absolute Gasteiger partial charge is 0.394 e. The summed E-state index contributed by atoms with van der Waals surface area (Å²) >= 11 is 0. The fourth-order valence-electron chi connectivity index (χ4n) is 7.28. The quantitative estimate of drug-likeness (QED) is 0.0316. The third-order valence-electron chi connectivity index (χ3n) is 11.0. The lowest BCUT2D eigenvalue weighted by molar-refractivity contribution is -0.132. The van der Waals surface area contributed by atoms with Gasteiger partial charge in [0.1, 0.15) is 12.2 Å². The van der Waals surface area contributed by atoms with E-state index < -0.39 is 36.9 Å². The molecule has 0 aliphatic rings. The van der Waals surface area contributed by atoms with Gasteiger partial charge < -0.3 is 25.7 Å². The number of allylic oxidation sites excluding steroid dienone is 2. The summed E-state index contributed by atoms with van der Waals surface area (Å²) in [5.41, 5.74) is 0. The highest BCUT2D eigenvalue weighted by atomic mass is 16.3. The van der Waals surface area contributed by atoms with Gasteiger partial charge in [-0.3, -0.25) is 4.79 Å². The number of nitrogens with one attached hydrogen (secondary N) is 1. The zero-order valence-corrected chi connectivity index (χ0v) is 34.8. The van der Waals surface area contributed by atoms with Gasteiger partial charge in [-0.2, -0.15) is 0 Å². The summed E-state index contributed by atoms with van der Waals surface area (Å²) in [5, 5.41) is 43.4. The van der Waals surface area contributed by atoms with Crippen molar-refractivity contribution in [2.45, 2.75) is 269 Å². The monoisotopic (exact) mass is 738 g/mol. The Balaban J connectivity index is 3.54. The predicted molar refractivity (Wildman–Crippen MR) is 224 cm³/mol. The number of hydrogen-bond donors (Lipinski definition) is 5. The van der Waals surface area contributed by atoms with Crippen LogP contribution in [0.15, 0.2) is 12.2 Å². The van der Waals surface area contributed by atoms with Gasteiger partial charge in [-0.15, -0.1) is 0 Å². The third-order valence-corrected chi connectivity index (χ3v) is 11.0. The van der Waals surface area contributed by atoms with Gasteiger partial charge in [0.15, 0.2) is 0 Å². The highest BCUT2D eigenvalue weighted by Crippen LogP contribution is 2.17. The highest BCUT2D eigenvalue weighted by molar-refractivity contribution is 5.80. The molecule has 0 radical (unpaired) electrons. The molecule has 0 heterocycles. The maximum Gasteiger partial charge on any atom is 0.249 e. The summed E-state index contributed by atoms with van der Waals surface area (Å²) in [4.78, 5) is 12.4. The van der Waals surface area contributed by atoms with E-state index in [9.17, 15) is 25.2 Å². The first kappa shape index (κ1) is 51.0. The van der Waals surface area contributed by atoms with Crippen LogP contribution in [0.2, 0.25) is 0 Å². The second-order valence-corrected chi connectivity index (χ2v) is 16.1. The molecule has 5 N–H and O–H groups in total. The van der Waals surface area contributed by atoms with Crippen LogP contribution in [-0.2, 0) is 4.79 Å². The van der Waals surface area contributed by atoms with Crippen molar-refractivity contribution in [3.8, 4) is 0 Å². The normalized spacial score (nSPS) is 14.2. The molecule has 0 rings (SSSR count). The van der Waals surface area contributed by atoms with Crippen molar-refractivity contribution in [2.75, 3.05) is 6.61 Å². The summed E-state index contributed by atoms with van der Waals surface area (Å²) < 4.78 is 0. The van der Waals surface area contributed by atoms with Crippen molar-refractivity contribution in [1.29, 1.82) is 0 Å². The van der Waals surface area contributed by atoms with Crippen LogP contribution in [0.25, 0.3) is 0 Å². The molecule has 6 heteroatoms. The number of unbranched alkanes of at least 4 members (excludes halogenated alkanes) is 31. The summed E-state index contributed by atoms with van der Waals surface area (Å²) in [6.45, 7) is 4.00. The molecular formula is C46H91NO5. The molecule has 0 aliphatic carbocycles. The van der Waals surface area contributed by atoms with Crippen molar-refractivity contribution in [2.24, 2.45) is 0 Å². The number of carbonyl (C=O) groups excluding carboxylic acids is 1. The molecule has 310 valence electrons. The van der Waals surface area contributed by atoms with Crippen molar-refractivity contribution < 1.29 is 25.2 Å². The van der Waals surface area contributed by atoms with Crippen LogP contribution >= 0.6 is 0 Å². The van der Waals surface area contributed by atoms with Crippen LogP contribution in [0.1, 0.15) is 245 Å². The van der Waals surface area contributed by atoms with Crippen LogP contribution in [0, 0.1) is 0 Å². The molecule has 0 saturated carbocycles. The van der Waals surface area contributed by atoms with E-state index in [2.05, 4.69) is 31.3 Å². The highest BCUT2D eigenvalue weighted by Gasteiger charge is 2.28. The van der Waals surface area contributed by atoms with Crippen molar-refractivity contribution in [3.05, 3.63) is 12.2 Å². The fourth-order valence-corrected chi connectivity index (χ4v) is 7.28. The second kappa shape index (κ2) is 41.2. The Morgan fingerprint density at radius 3 is 1.12 bits per heavy atom. The molecule has 0 aromatic heterocycles. The average Bonchev–Trinajstić information content (AvgIpc) is 3.15. The Kier molecular flexibility index (Phi) is 40.5. The Morgan fingerprint density at radius 2 is 0.769 bits per heavy atom. The number of carbonyl (C=O) groups is 1. The maximum absolute atomic E-state index is 12.4. The molecule has 0 saturated heterocycles. The molecule has 0 aromatic rings. The number of aliphatic hydroxyl groups is 4. The molecular weight excluding hydrogens is 647 g/mol. The predicted octanol–water partition coefficient (Wildman–Crippen LogP) is 12.2. The van der Waals surface area contributed by atoms with E-state index in [1.807, 2.05) is 0 Å². The van der Waals surface area contributed by atoms with Crippen LogP contribution in [0.4, 0.5) is 0 Å². The molecule has 1 amide bonds. The molecule has 0 aliphatic heterocycles. The minimum Gasteiger partial charge on any atom is -0.394 e. The van der Waals surface area contributed by atoms with E-state index in [0.717, 1.165) is 38.5 Å². The number of aliphatic hydroxyl groups excluding tert-OH is 4. The molecule has 52 heavy (non-hydrogen) atoms. The lowest BCUT2D eigenvalue weighted by Crippen LogP contribution is -2.53. The van der Waals surface area contributed by atoms with E-state index in [-0.39, 0.29) is 0 Å². The zero-order chi connectivity index (χ0) is 38.2. The number of hydrogen-bond acceptors (Lipinski definition) is 5. The molecule has 0 spiro atoms. The first-order chi connectivity index (χ1) is 25.5. The van der Waals surface area contributed by atoms with E-state index in [1.165, 1.54) is 180 Å². The molecule has 4 unspecified atom stereocenters. The molecule has 4 atom stereocenters. The zero-order valence-electron chi connectivity index (χ0n) is 34.8. The van der Waals surface area contributed by atoms with E-state index in [0.29, 0.717) is 12.8 Å². The summed E-state index contributed by atoms with van der Waals surface area (Å²) in [6.07, 6.45) is 45.8. The third kappa shape index (κ3) is 34.8. The van der Waals surface area contributed by atoms with Gasteiger partial charge in [0, 0.05) is 0 Å². The van der Waals surface area contributed by atoms with Gasteiger partial charge in [-0.05, 0) is 38.5 Å². The maximum atomic E-state index is 12.4. The Hall–Kier alpha value is -0.950. The van der Waals surface area contributed by atoms with Gasteiger partial charge in [0.2, 0.25) is 5.91 Å². The van der Waals surface area contributed by atoms with Crippen LogP contribution in [-0.4, -0.2) is 57.3 Å². The smallest absolute Gasteiger partial charge is 0.249 e. The summed E-state index contributed by atoms with van der Waals surface area (Å²) in [5.74, 6) is -0.585. The van der Waals surface area contributed by atoms with Crippen LogP contribution in [0.5, 0.6) is 0 Å². The first-order valence-electron chi connectivity index (χ1n) is 23.1. The van der Waals surface area contributed by atoms with Gasteiger partial charge in [0.05, 0.1) is 18.8 Å². The van der Waals surface area contributed by atoms with Crippen LogP contribution < -0.4 is 5.32 Å². The van der Waals surface area contributed by atoms with Gasteiger partial charge in [0.25, 0.3) is 0 Å². The molecule has 0 aromatic carbocycles. The number of amides is 1. The minimum absolute atomic E-state index is 0.371. The van der Waals surface area contributed by atoms with Gasteiger partial charge >= 0.3 is 0 Å². The van der Waals surface area contributed by atoms with Gasteiger partial charge in [-0.25, -0.2) is 0 Å². The minimum atomic E-state index is -1.25. The average molecular weight is 738 g/mol. The Labute approximate surface area is 323 Å². The second-order valence-electron chi connectivity index (χ2n) is 16.1. The molecule has 6 nitrogen and oxygen atoms in total. The standard InChI is InChI=1S/C46H91NO5/c1-3-5-7-9-11-12-13-14-15-16-17-18-19-20-21-22-23-24-25-26-27-28-29-30-31-32-34-36-38-40-44(50)46(52)47-42(41-48)45(51)43(49)39-37-35-33-10-8-6-4-2/h20-21,42-45,48-51H,3-19,22-41H2,1-2H3,(H,47,52)/b21-20-. The van der Waals surface area contributed by atoms with E-state index in [1.54, 1.807) is 0 Å². The van der Waals surface area contributed by atoms with Crippen molar-refractivity contribution in [3.63, 3.8) is 0 Å². The number of rotatable bonds is 42. The van der Waals surface area contributed by atoms with E-state index >= 15 is 0 Å². The summed E-state index contributed by atoms with van der Waals surface area (Å²) in [7, 11) is 0. The van der Waals surface area contributed by atoms with Crippen LogP contribution in [0.3, 0.4) is 0 Å². The Morgan fingerprint density at radius 1 is 0.462 bits per heavy atom. The van der Waals surface area contributed by atoms with E-state index in [4.69, 9.17) is 0 Å². The van der Waals surface area contributed by atoms with Crippen molar-refractivity contribution >= 4 is 5.91 Å². The van der Waals surface area contributed by atoms with Crippen molar-refractivity contribution in [1.82, 2.24) is 5.32 Å². The lowest BCUT2D eigenvalue weighted by Gasteiger charge is -2.27. The van der Waals surface area contributed by atoms with Gasteiger partial charge in [-0.1, -0.05) is 219 Å². The molecule has 0 fully saturated rings. The first-order valence-corrected chi connectivity index (χ1v) is 23.1. The lowest BCUT2D eigenvalue weighted by atomic mass is 9.99. The topological polar surface area (TPSA) is 110 Å².